The van der Waals surface area contributed by atoms with Crippen LogP contribution in [0.15, 0.2) is 34.9 Å². The van der Waals surface area contributed by atoms with Gasteiger partial charge in [-0.2, -0.15) is 0 Å². The average molecular weight is 177 g/mol. The molecule has 3 heteroatoms. The van der Waals surface area contributed by atoms with Crippen molar-refractivity contribution in [3.63, 3.8) is 0 Å². The molecule has 0 unspecified atom stereocenters. The van der Waals surface area contributed by atoms with E-state index in [0.29, 0.717) is 11.5 Å². The number of aromatic nitrogens is 1. The molecule has 13 heavy (non-hydrogen) atoms. The van der Waals surface area contributed by atoms with E-state index in [9.17, 15) is 4.39 Å². The summed E-state index contributed by atoms with van der Waals surface area (Å²) in [6, 6.07) is 6.17. The number of rotatable bonds is 1. The van der Waals surface area contributed by atoms with Gasteiger partial charge in [0.05, 0.1) is 6.20 Å². The minimum atomic E-state index is -0.284. The lowest BCUT2D eigenvalue weighted by atomic mass is 10.2. The quantitative estimate of drug-likeness (QED) is 0.669. The van der Waals surface area contributed by atoms with E-state index in [1.54, 1.807) is 25.3 Å². The number of benzene rings is 1. The Morgan fingerprint density at radius 2 is 2.23 bits per heavy atom. The largest absolute Gasteiger partial charge is 0.441 e. The van der Waals surface area contributed by atoms with Crippen molar-refractivity contribution in [3.05, 3.63) is 42.0 Å². The second-order valence-corrected chi connectivity index (χ2v) is 2.79. The molecular formula is C10H8FNO. The normalized spacial score (nSPS) is 10.3. The maximum absolute atomic E-state index is 12.8. The molecule has 2 nitrogen and oxygen atoms in total. The summed E-state index contributed by atoms with van der Waals surface area (Å²) in [6.07, 6.45) is 1.61. The molecule has 66 valence electrons. The van der Waals surface area contributed by atoms with Crippen molar-refractivity contribution in [2.45, 2.75) is 6.92 Å². The predicted molar refractivity (Wildman–Crippen MR) is 46.6 cm³/mol. The van der Waals surface area contributed by atoms with Crippen LogP contribution in [-0.2, 0) is 0 Å². The van der Waals surface area contributed by atoms with E-state index < -0.39 is 0 Å². The molecule has 0 saturated heterocycles. The van der Waals surface area contributed by atoms with E-state index in [4.69, 9.17) is 4.42 Å². The van der Waals surface area contributed by atoms with Gasteiger partial charge in [-0.3, -0.25) is 0 Å². The third-order valence-corrected chi connectivity index (χ3v) is 1.69. The van der Waals surface area contributed by atoms with Crippen LogP contribution in [0, 0.1) is 12.7 Å². The van der Waals surface area contributed by atoms with Gasteiger partial charge in [-0.15, -0.1) is 0 Å². The minimum absolute atomic E-state index is 0.284. The molecule has 0 saturated carbocycles. The van der Waals surface area contributed by atoms with Gasteiger partial charge in [0.15, 0.2) is 0 Å². The maximum Gasteiger partial charge on any atom is 0.226 e. The van der Waals surface area contributed by atoms with Gasteiger partial charge in [-0.05, 0) is 25.1 Å². The van der Waals surface area contributed by atoms with Crippen molar-refractivity contribution in [2.24, 2.45) is 0 Å². The van der Waals surface area contributed by atoms with E-state index >= 15 is 0 Å². The Labute approximate surface area is 75.0 Å². The number of hydrogen-bond acceptors (Lipinski definition) is 2. The van der Waals surface area contributed by atoms with Gasteiger partial charge in [-0.1, -0.05) is 6.07 Å². The Hall–Kier alpha value is -1.64. The predicted octanol–water partition coefficient (Wildman–Crippen LogP) is 2.79. The first kappa shape index (κ1) is 7.98. The highest BCUT2D eigenvalue weighted by Crippen LogP contribution is 2.19. The monoisotopic (exact) mass is 177 g/mol. The smallest absolute Gasteiger partial charge is 0.226 e. The molecule has 1 aromatic carbocycles. The number of aryl methyl sites for hydroxylation is 1. The Balaban J connectivity index is 2.46. The SMILES string of the molecule is Cc1cnc(-c2cccc(F)c2)o1. The second-order valence-electron chi connectivity index (χ2n) is 2.79. The molecule has 0 radical (unpaired) electrons. The van der Waals surface area contributed by atoms with Crippen molar-refractivity contribution in [1.29, 1.82) is 0 Å². The van der Waals surface area contributed by atoms with Crippen LogP contribution in [0.5, 0.6) is 0 Å². The summed E-state index contributed by atoms with van der Waals surface area (Å²) in [5.74, 6) is 0.893. The van der Waals surface area contributed by atoms with Crippen LogP contribution >= 0.6 is 0 Å². The third kappa shape index (κ3) is 1.59. The van der Waals surface area contributed by atoms with Crippen LogP contribution < -0.4 is 0 Å². The molecule has 0 spiro atoms. The summed E-state index contributed by atoms with van der Waals surface area (Å²) in [4.78, 5) is 3.99. The summed E-state index contributed by atoms with van der Waals surface area (Å²) in [7, 11) is 0. The third-order valence-electron chi connectivity index (χ3n) is 1.69. The lowest BCUT2D eigenvalue weighted by Crippen LogP contribution is -1.78. The van der Waals surface area contributed by atoms with Crippen LogP contribution in [0.25, 0.3) is 11.5 Å². The van der Waals surface area contributed by atoms with E-state index in [-0.39, 0.29) is 5.82 Å². The molecule has 2 aromatic rings. The lowest BCUT2D eigenvalue weighted by Gasteiger charge is -1.94. The van der Waals surface area contributed by atoms with Crippen molar-refractivity contribution < 1.29 is 8.81 Å². The Morgan fingerprint density at radius 1 is 1.38 bits per heavy atom. The molecule has 0 fully saturated rings. The van der Waals surface area contributed by atoms with E-state index in [1.165, 1.54) is 12.1 Å². The second kappa shape index (κ2) is 3.01. The van der Waals surface area contributed by atoms with Gasteiger partial charge in [0.2, 0.25) is 5.89 Å². The van der Waals surface area contributed by atoms with Gasteiger partial charge in [-0.25, -0.2) is 9.37 Å². The minimum Gasteiger partial charge on any atom is -0.441 e. The van der Waals surface area contributed by atoms with Gasteiger partial charge >= 0.3 is 0 Å². The highest BCUT2D eigenvalue weighted by atomic mass is 19.1. The highest BCUT2D eigenvalue weighted by Gasteiger charge is 2.04. The first-order valence-corrected chi connectivity index (χ1v) is 3.94. The van der Waals surface area contributed by atoms with Crippen molar-refractivity contribution >= 4 is 0 Å². The van der Waals surface area contributed by atoms with Crippen LogP contribution in [-0.4, -0.2) is 4.98 Å². The molecule has 0 aliphatic carbocycles. The summed E-state index contributed by atoms with van der Waals surface area (Å²) in [5.41, 5.74) is 0.660. The standard InChI is InChI=1S/C10H8FNO/c1-7-6-12-10(13-7)8-3-2-4-9(11)5-8/h2-6H,1H3. The average Bonchev–Trinajstić information content (AvgIpc) is 2.52. The van der Waals surface area contributed by atoms with Gasteiger partial charge in [0.25, 0.3) is 0 Å². The Bertz CT molecular complexity index is 422. The van der Waals surface area contributed by atoms with E-state index in [2.05, 4.69) is 4.98 Å². The van der Waals surface area contributed by atoms with E-state index in [0.717, 1.165) is 5.76 Å². The van der Waals surface area contributed by atoms with Crippen LogP contribution in [0.3, 0.4) is 0 Å². The molecular weight excluding hydrogens is 169 g/mol. The van der Waals surface area contributed by atoms with E-state index in [1.807, 2.05) is 0 Å². The zero-order chi connectivity index (χ0) is 9.26. The zero-order valence-electron chi connectivity index (χ0n) is 7.12. The zero-order valence-corrected chi connectivity index (χ0v) is 7.12. The van der Waals surface area contributed by atoms with Crippen molar-refractivity contribution in [3.8, 4) is 11.5 Å². The van der Waals surface area contributed by atoms with Crippen molar-refractivity contribution in [2.75, 3.05) is 0 Å². The first-order chi connectivity index (χ1) is 6.25. The summed E-state index contributed by atoms with van der Waals surface area (Å²) in [6.45, 7) is 1.80. The molecule has 1 heterocycles. The topological polar surface area (TPSA) is 26.0 Å². The molecule has 0 bridgehead atoms. The molecule has 0 aliphatic heterocycles. The van der Waals surface area contributed by atoms with Gasteiger partial charge in [0.1, 0.15) is 11.6 Å². The first-order valence-electron chi connectivity index (χ1n) is 3.94. The van der Waals surface area contributed by atoms with Crippen LogP contribution in [0.1, 0.15) is 5.76 Å². The maximum atomic E-state index is 12.8. The Morgan fingerprint density at radius 3 is 2.85 bits per heavy atom. The van der Waals surface area contributed by atoms with Crippen LogP contribution in [0.4, 0.5) is 4.39 Å². The molecule has 2 rings (SSSR count). The fraction of sp³-hybridized carbons (Fsp3) is 0.100. The fourth-order valence-corrected chi connectivity index (χ4v) is 1.11. The molecule has 0 amide bonds. The number of oxazole rings is 1. The summed E-state index contributed by atoms with van der Waals surface area (Å²) in [5, 5.41) is 0. The fourth-order valence-electron chi connectivity index (χ4n) is 1.11. The molecule has 1 aromatic heterocycles. The summed E-state index contributed by atoms with van der Waals surface area (Å²) < 4.78 is 18.0. The molecule has 0 N–H and O–H groups in total. The lowest BCUT2D eigenvalue weighted by molar-refractivity contribution is 0.541. The highest BCUT2D eigenvalue weighted by molar-refractivity contribution is 5.52. The van der Waals surface area contributed by atoms with Gasteiger partial charge in [0, 0.05) is 5.56 Å². The number of nitrogens with zero attached hydrogens (tertiary/aromatic N) is 1. The molecule has 0 aliphatic rings. The Kier molecular flexibility index (Phi) is 1.85. The number of hydrogen-bond donors (Lipinski definition) is 0. The number of halogens is 1. The summed E-state index contributed by atoms with van der Waals surface area (Å²) >= 11 is 0. The van der Waals surface area contributed by atoms with Crippen molar-refractivity contribution in [1.82, 2.24) is 4.98 Å². The van der Waals surface area contributed by atoms with Gasteiger partial charge < -0.3 is 4.42 Å². The van der Waals surface area contributed by atoms with Crippen LogP contribution in [0.2, 0.25) is 0 Å². The molecule has 0 atom stereocenters.